The lowest BCUT2D eigenvalue weighted by Gasteiger charge is -2.09. The number of thiazole rings is 1. The van der Waals surface area contributed by atoms with E-state index in [1.807, 2.05) is 0 Å². The second kappa shape index (κ2) is 4.58. The number of hydrogen-bond acceptors (Lipinski definition) is 3. The molecule has 3 nitrogen and oxygen atoms in total. The van der Waals surface area contributed by atoms with Gasteiger partial charge in [-0.15, -0.1) is 11.3 Å². The highest BCUT2D eigenvalue weighted by Crippen LogP contribution is 2.40. The van der Waals surface area contributed by atoms with Crippen molar-refractivity contribution in [1.82, 2.24) is 4.98 Å². The second-order valence-electron chi connectivity index (χ2n) is 4.49. The van der Waals surface area contributed by atoms with Crippen LogP contribution in [0.15, 0.2) is 17.5 Å². The van der Waals surface area contributed by atoms with Crippen LogP contribution >= 0.6 is 22.9 Å². The van der Waals surface area contributed by atoms with Crippen molar-refractivity contribution in [3.05, 3.63) is 50.2 Å². The van der Waals surface area contributed by atoms with Crippen LogP contribution in [0.1, 0.15) is 39.0 Å². The third-order valence-electron chi connectivity index (χ3n) is 3.34. The molecular weight excluding hydrogens is 287 g/mol. The highest BCUT2D eigenvalue weighted by Gasteiger charge is 2.29. The Kier molecular flexibility index (Phi) is 3.03. The minimum atomic E-state index is -0.535. The Morgan fingerprint density at radius 3 is 3.00 bits per heavy atom. The van der Waals surface area contributed by atoms with Crippen LogP contribution in [0.3, 0.4) is 0 Å². The zero-order chi connectivity index (χ0) is 13.6. The van der Waals surface area contributed by atoms with Crippen molar-refractivity contribution < 1.29 is 9.18 Å². The van der Waals surface area contributed by atoms with Gasteiger partial charge in [-0.3, -0.25) is 4.79 Å². The van der Waals surface area contributed by atoms with Gasteiger partial charge in [0.25, 0.3) is 5.91 Å². The molecule has 0 saturated heterocycles. The molecule has 1 aliphatic carbocycles. The lowest BCUT2D eigenvalue weighted by Crippen LogP contribution is -2.10. The summed E-state index contributed by atoms with van der Waals surface area (Å²) < 4.78 is 13.8. The van der Waals surface area contributed by atoms with Crippen LogP contribution in [0.4, 0.5) is 4.39 Å². The molecule has 0 spiro atoms. The molecule has 1 amide bonds. The van der Waals surface area contributed by atoms with Gasteiger partial charge < -0.3 is 5.73 Å². The third-order valence-corrected chi connectivity index (χ3v) is 4.44. The number of rotatable bonds is 2. The van der Waals surface area contributed by atoms with E-state index in [1.54, 1.807) is 11.4 Å². The van der Waals surface area contributed by atoms with Crippen molar-refractivity contribution >= 4 is 28.8 Å². The molecule has 0 saturated carbocycles. The number of nitrogens with two attached hydrogens (primary N) is 1. The van der Waals surface area contributed by atoms with Crippen LogP contribution < -0.4 is 5.73 Å². The van der Waals surface area contributed by atoms with Crippen molar-refractivity contribution in [2.75, 3.05) is 0 Å². The Morgan fingerprint density at radius 2 is 2.32 bits per heavy atom. The largest absolute Gasteiger partial charge is 0.364 e. The number of aromatic nitrogens is 1. The Bertz CT molecular complexity index is 671. The molecule has 0 bridgehead atoms. The van der Waals surface area contributed by atoms with E-state index in [2.05, 4.69) is 4.98 Å². The van der Waals surface area contributed by atoms with E-state index >= 15 is 0 Å². The first-order chi connectivity index (χ1) is 9.06. The maximum absolute atomic E-state index is 13.8. The maximum atomic E-state index is 13.8. The first-order valence-electron chi connectivity index (χ1n) is 5.79. The number of carbonyl (C=O) groups excluding carboxylic acids is 1. The first kappa shape index (κ1) is 12.6. The van der Waals surface area contributed by atoms with Crippen LogP contribution in [-0.4, -0.2) is 10.9 Å². The minimum Gasteiger partial charge on any atom is -0.364 e. The number of nitrogens with zero attached hydrogens (tertiary/aromatic N) is 1. The van der Waals surface area contributed by atoms with Crippen molar-refractivity contribution in [3.63, 3.8) is 0 Å². The molecular formula is C13H10ClFN2OS. The molecule has 19 heavy (non-hydrogen) atoms. The average molecular weight is 297 g/mol. The summed E-state index contributed by atoms with van der Waals surface area (Å²) in [6.45, 7) is 0. The fourth-order valence-electron chi connectivity index (χ4n) is 2.51. The second-order valence-corrected chi connectivity index (χ2v) is 5.78. The molecule has 3 rings (SSSR count). The van der Waals surface area contributed by atoms with Gasteiger partial charge in [-0.2, -0.15) is 0 Å². The normalized spacial score (nSPS) is 17.5. The summed E-state index contributed by atoms with van der Waals surface area (Å²) in [4.78, 5) is 15.3. The smallest absolute Gasteiger partial charge is 0.277 e. The zero-order valence-corrected chi connectivity index (χ0v) is 11.4. The number of benzene rings is 1. The Hall–Kier alpha value is -1.46. The number of hydrogen-bond donors (Lipinski definition) is 1. The molecule has 0 radical (unpaired) electrons. The van der Waals surface area contributed by atoms with E-state index in [1.165, 1.54) is 17.4 Å². The molecule has 2 N–H and O–H groups in total. The molecule has 6 heteroatoms. The minimum absolute atomic E-state index is 0.00690. The quantitative estimate of drug-likeness (QED) is 0.926. The summed E-state index contributed by atoms with van der Waals surface area (Å²) in [6, 6.07) is 3.11. The molecule has 2 aromatic rings. The molecule has 1 aromatic carbocycles. The molecule has 1 atom stereocenters. The van der Waals surface area contributed by atoms with Crippen LogP contribution in [0.25, 0.3) is 0 Å². The number of amides is 1. The summed E-state index contributed by atoms with van der Waals surface area (Å²) in [5.74, 6) is -0.811. The van der Waals surface area contributed by atoms with Crippen molar-refractivity contribution in [3.8, 4) is 0 Å². The zero-order valence-electron chi connectivity index (χ0n) is 9.82. The molecule has 1 aliphatic rings. The van der Waals surface area contributed by atoms with Crippen LogP contribution in [0, 0.1) is 5.82 Å². The third kappa shape index (κ3) is 2.13. The van der Waals surface area contributed by atoms with E-state index in [0.29, 0.717) is 17.0 Å². The standard InChI is InChI=1S/C13H10ClFN2OS/c14-6-3-9-7(10(15)4-6)1-2-8(9)11-5-19-13(17-11)12(16)18/h3-5,8H,1-2H2,(H2,16,18)/t8-/m1/s1. The monoisotopic (exact) mass is 296 g/mol. The van der Waals surface area contributed by atoms with Gasteiger partial charge in [0.05, 0.1) is 5.69 Å². The van der Waals surface area contributed by atoms with Crippen LogP contribution in [0.5, 0.6) is 0 Å². The van der Waals surface area contributed by atoms with E-state index in [4.69, 9.17) is 17.3 Å². The molecule has 0 fully saturated rings. The van der Waals surface area contributed by atoms with Crippen molar-refractivity contribution in [2.24, 2.45) is 5.73 Å². The number of carbonyl (C=O) groups is 1. The number of primary amides is 1. The number of halogens is 2. The van der Waals surface area contributed by atoms with E-state index < -0.39 is 5.91 Å². The highest BCUT2D eigenvalue weighted by atomic mass is 35.5. The molecule has 98 valence electrons. The van der Waals surface area contributed by atoms with Gasteiger partial charge in [-0.05, 0) is 36.1 Å². The fraction of sp³-hybridized carbons (Fsp3) is 0.231. The molecule has 1 aromatic heterocycles. The lowest BCUT2D eigenvalue weighted by atomic mass is 9.98. The maximum Gasteiger partial charge on any atom is 0.277 e. The topological polar surface area (TPSA) is 56.0 Å². The predicted molar refractivity (Wildman–Crippen MR) is 72.2 cm³/mol. The van der Waals surface area contributed by atoms with E-state index in [-0.39, 0.29) is 16.7 Å². The van der Waals surface area contributed by atoms with Gasteiger partial charge in [0.15, 0.2) is 5.01 Å². The lowest BCUT2D eigenvalue weighted by molar-refractivity contribution is 0.0999. The summed E-state index contributed by atoms with van der Waals surface area (Å²) >= 11 is 7.12. The molecule has 0 aliphatic heterocycles. The van der Waals surface area contributed by atoms with E-state index in [9.17, 15) is 9.18 Å². The van der Waals surface area contributed by atoms with Crippen LogP contribution in [-0.2, 0) is 6.42 Å². The number of fused-ring (bicyclic) bond motifs is 1. The fourth-order valence-corrected chi connectivity index (χ4v) is 3.45. The molecule has 0 unspecified atom stereocenters. The van der Waals surface area contributed by atoms with Gasteiger partial charge in [-0.25, -0.2) is 9.37 Å². The molecule has 1 heterocycles. The summed E-state index contributed by atoms with van der Waals surface area (Å²) in [5, 5.41) is 2.47. The van der Waals surface area contributed by atoms with Crippen molar-refractivity contribution in [1.29, 1.82) is 0 Å². The SMILES string of the molecule is NC(=O)c1nc([C@@H]2CCc3c(F)cc(Cl)cc32)cs1. The van der Waals surface area contributed by atoms with Gasteiger partial charge in [0.2, 0.25) is 0 Å². The Balaban J connectivity index is 2.04. The van der Waals surface area contributed by atoms with Gasteiger partial charge >= 0.3 is 0 Å². The van der Waals surface area contributed by atoms with Crippen molar-refractivity contribution in [2.45, 2.75) is 18.8 Å². The summed E-state index contributed by atoms with van der Waals surface area (Å²) in [5.41, 5.74) is 7.52. The van der Waals surface area contributed by atoms with Gasteiger partial charge in [0.1, 0.15) is 5.82 Å². The Morgan fingerprint density at radius 1 is 1.53 bits per heavy atom. The van der Waals surface area contributed by atoms with E-state index in [0.717, 1.165) is 17.7 Å². The Labute approximate surface area is 118 Å². The highest BCUT2D eigenvalue weighted by molar-refractivity contribution is 7.11. The van der Waals surface area contributed by atoms with Crippen LogP contribution in [0.2, 0.25) is 5.02 Å². The first-order valence-corrected chi connectivity index (χ1v) is 7.05. The average Bonchev–Trinajstić information content (AvgIpc) is 2.93. The predicted octanol–water partition coefficient (Wildman–Crippen LogP) is 3.11. The van der Waals surface area contributed by atoms with Gasteiger partial charge in [0, 0.05) is 16.3 Å². The van der Waals surface area contributed by atoms with Gasteiger partial charge in [-0.1, -0.05) is 11.6 Å². The summed E-state index contributed by atoms with van der Waals surface area (Å²) in [6.07, 6.45) is 1.43. The summed E-state index contributed by atoms with van der Waals surface area (Å²) in [7, 11) is 0.